The van der Waals surface area contributed by atoms with Gasteiger partial charge in [-0.25, -0.2) is 10.1 Å². The molecule has 2 aromatic heterocycles. The van der Waals surface area contributed by atoms with E-state index in [9.17, 15) is 14.7 Å². The van der Waals surface area contributed by atoms with Gasteiger partial charge in [0.05, 0.1) is 17.9 Å². The summed E-state index contributed by atoms with van der Waals surface area (Å²) in [5.41, 5.74) is 8.62. The van der Waals surface area contributed by atoms with Crippen LogP contribution in [0, 0.1) is 0 Å². The lowest BCUT2D eigenvalue weighted by Crippen LogP contribution is -2.24. The number of rotatable bonds is 6. The molecule has 0 saturated carbocycles. The van der Waals surface area contributed by atoms with Gasteiger partial charge in [0.1, 0.15) is 0 Å². The van der Waals surface area contributed by atoms with Crippen molar-refractivity contribution < 1.29 is 19.3 Å². The van der Waals surface area contributed by atoms with Crippen molar-refractivity contribution in [1.82, 2.24) is 30.7 Å². The van der Waals surface area contributed by atoms with Crippen LogP contribution in [0.25, 0.3) is 5.82 Å². The van der Waals surface area contributed by atoms with Crippen LogP contribution < -0.4 is 16.3 Å². The van der Waals surface area contributed by atoms with Crippen LogP contribution in [0.4, 0.5) is 5.82 Å². The zero-order valence-electron chi connectivity index (χ0n) is 14.9. The van der Waals surface area contributed by atoms with Crippen LogP contribution >= 0.6 is 0 Å². The fourth-order valence-electron chi connectivity index (χ4n) is 2.47. The number of aromatic carboxylic acids is 1. The lowest BCUT2D eigenvalue weighted by molar-refractivity contribution is -0.255. The number of carboxylic acid groups (broad SMARTS) is 1. The summed E-state index contributed by atoms with van der Waals surface area (Å²) in [6, 6.07) is 6.08. The predicted octanol–water partition coefficient (Wildman–Crippen LogP) is -0.517. The maximum absolute atomic E-state index is 12.5. The van der Waals surface area contributed by atoms with Gasteiger partial charge in [-0.1, -0.05) is 43.3 Å². The number of carbonyl (C=O) groups is 2. The molecule has 144 valence electrons. The normalized spacial score (nSPS) is 11.2. The summed E-state index contributed by atoms with van der Waals surface area (Å²) in [7, 11) is 0. The maximum atomic E-state index is 12.5. The molecule has 0 bridgehead atoms. The Kier molecular flexibility index (Phi) is 5.11. The van der Waals surface area contributed by atoms with Crippen LogP contribution in [-0.2, 0) is 0 Å². The van der Waals surface area contributed by atoms with E-state index in [1.165, 1.54) is 23.0 Å². The summed E-state index contributed by atoms with van der Waals surface area (Å²) in [5, 5.41) is 29.8. The second-order valence-corrected chi connectivity index (χ2v) is 5.94. The molecular formula is C16H15N8O4-. The molecule has 0 aliphatic heterocycles. The molecule has 3 rings (SSSR count). The highest BCUT2D eigenvalue weighted by Crippen LogP contribution is 2.22. The van der Waals surface area contributed by atoms with Crippen LogP contribution in [0.3, 0.4) is 0 Å². The van der Waals surface area contributed by atoms with E-state index in [2.05, 4.69) is 35.8 Å². The van der Waals surface area contributed by atoms with Crippen molar-refractivity contribution in [1.29, 1.82) is 0 Å². The fourth-order valence-corrected chi connectivity index (χ4v) is 2.47. The summed E-state index contributed by atoms with van der Waals surface area (Å²) in [6.07, 6.45) is 1.20. The third kappa shape index (κ3) is 3.56. The molecule has 0 aliphatic carbocycles. The molecule has 3 aromatic rings. The lowest BCUT2D eigenvalue weighted by atomic mass is 10.1. The topological polar surface area (TPSA) is 177 Å². The van der Waals surface area contributed by atoms with Gasteiger partial charge in [-0.05, 0) is 16.2 Å². The SMILES string of the molecule is CC(C)c1c(C(=O)N/N=C\c2ccccc2C(=O)[O-])nnn1-c1nonc1N. The first-order chi connectivity index (χ1) is 13.4. The minimum atomic E-state index is -1.35. The van der Waals surface area contributed by atoms with Gasteiger partial charge in [-0.2, -0.15) is 9.78 Å². The average molecular weight is 383 g/mol. The molecule has 0 radical (unpaired) electrons. The second kappa shape index (κ2) is 7.65. The first kappa shape index (κ1) is 18.7. The Balaban J connectivity index is 1.85. The van der Waals surface area contributed by atoms with Crippen molar-refractivity contribution in [2.75, 3.05) is 5.73 Å². The number of carbonyl (C=O) groups excluding carboxylic acids is 2. The van der Waals surface area contributed by atoms with Gasteiger partial charge in [-0.15, -0.1) is 5.10 Å². The minimum Gasteiger partial charge on any atom is -0.545 e. The molecule has 0 aliphatic rings. The first-order valence-electron chi connectivity index (χ1n) is 8.08. The van der Waals surface area contributed by atoms with Gasteiger partial charge < -0.3 is 15.6 Å². The average Bonchev–Trinajstić information content (AvgIpc) is 3.27. The zero-order valence-corrected chi connectivity index (χ0v) is 14.9. The number of nitrogens with zero attached hydrogens (tertiary/aromatic N) is 6. The number of benzene rings is 1. The van der Waals surface area contributed by atoms with Crippen LogP contribution in [0.2, 0.25) is 0 Å². The summed E-state index contributed by atoms with van der Waals surface area (Å²) < 4.78 is 5.82. The van der Waals surface area contributed by atoms with Gasteiger partial charge in [0.15, 0.2) is 5.69 Å². The fraction of sp³-hybridized carbons (Fsp3) is 0.188. The van der Waals surface area contributed by atoms with E-state index in [0.29, 0.717) is 5.69 Å². The zero-order chi connectivity index (χ0) is 20.3. The molecule has 12 heteroatoms. The van der Waals surface area contributed by atoms with E-state index >= 15 is 0 Å². The molecule has 0 fully saturated rings. The van der Waals surface area contributed by atoms with Crippen molar-refractivity contribution in [3.05, 3.63) is 46.8 Å². The number of hydrogen-bond acceptors (Lipinski definition) is 10. The van der Waals surface area contributed by atoms with Gasteiger partial charge in [-0.3, -0.25) is 4.79 Å². The van der Waals surface area contributed by atoms with E-state index in [1.807, 2.05) is 13.8 Å². The number of hydrazone groups is 1. The highest BCUT2D eigenvalue weighted by molar-refractivity contribution is 5.98. The monoisotopic (exact) mass is 383 g/mol. The molecule has 1 amide bonds. The van der Waals surface area contributed by atoms with Crippen molar-refractivity contribution >= 4 is 23.9 Å². The molecule has 3 N–H and O–H groups in total. The van der Waals surface area contributed by atoms with E-state index in [4.69, 9.17) is 5.73 Å². The van der Waals surface area contributed by atoms with Crippen LogP contribution in [0.5, 0.6) is 0 Å². The number of nitrogens with two attached hydrogens (primary N) is 1. The van der Waals surface area contributed by atoms with E-state index < -0.39 is 11.9 Å². The Hall–Kier alpha value is -4.09. The number of amides is 1. The Bertz CT molecular complexity index is 1050. The molecule has 0 unspecified atom stereocenters. The second-order valence-electron chi connectivity index (χ2n) is 5.94. The molecule has 2 heterocycles. The number of carboxylic acids is 1. The van der Waals surface area contributed by atoms with Crippen molar-refractivity contribution in [3.63, 3.8) is 0 Å². The maximum Gasteiger partial charge on any atom is 0.293 e. The van der Waals surface area contributed by atoms with E-state index in [1.54, 1.807) is 12.1 Å². The third-order valence-electron chi connectivity index (χ3n) is 3.71. The van der Waals surface area contributed by atoms with E-state index in [-0.39, 0.29) is 34.4 Å². The van der Waals surface area contributed by atoms with Crippen molar-refractivity contribution in [2.24, 2.45) is 5.10 Å². The summed E-state index contributed by atoms with van der Waals surface area (Å²) in [6.45, 7) is 3.66. The standard InChI is InChI=1S/C16H16N8O4/c1-8(2)12-11(19-23-24(12)14-13(17)21-28-22-14)15(25)20-18-7-9-5-3-4-6-10(9)16(26)27/h3-8H,1-2H3,(H2,17,21)(H,20,25)(H,26,27)/p-1/b18-7-. The summed E-state index contributed by atoms with van der Waals surface area (Å²) in [5.74, 6) is -2.06. The molecule has 28 heavy (non-hydrogen) atoms. The molecular weight excluding hydrogens is 368 g/mol. The molecule has 0 spiro atoms. The molecule has 0 atom stereocenters. The number of anilines is 1. The first-order valence-corrected chi connectivity index (χ1v) is 8.08. The molecule has 1 aromatic carbocycles. The van der Waals surface area contributed by atoms with E-state index in [0.717, 1.165) is 0 Å². The summed E-state index contributed by atoms with van der Waals surface area (Å²) in [4.78, 5) is 23.6. The number of nitrogen functional groups attached to an aromatic ring is 1. The molecule has 0 saturated heterocycles. The quantitative estimate of drug-likeness (QED) is 0.419. The smallest absolute Gasteiger partial charge is 0.293 e. The van der Waals surface area contributed by atoms with Crippen molar-refractivity contribution in [3.8, 4) is 5.82 Å². The Labute approximate surface area is 158 Å². The Morgan fingerprint density at radius 1 is 1.32 bits per heavy atom. The Morgan fingerprint density at radius 3 is 2.71 bits per heavy atom. The third-order valence-corrected chi connectivity index (χ3v) is 3.71. The number of hydrogen-bond donors (Lipinski definition) is 2. The van der Waals surface area contributed by atoms with Gasteiger partial charge >= 0.3 is 0 Å². The van der Waals surface area contributed by atoms with Gasteiger partial charge in [0, 0.05) is 11.1 Å². The van der Waals surface area contributed by atoms with Crippen LogP contribution in [0.1, 0.15) is 51.9 Å². The lowest BCUT2D eigenvalue weighted by Gasteiger charge is -2.08. The highest BCUT2D eigenvalue weighted by atomic mass is 16.6. The van der Waals surface area contributed by atoms with Gasteiger partial charge in [0.25, 0.3) is 5.91 Å². The minimum absolute atomic E-state index is 0.00253. The predicted molar refractivity (Wildman–Crippen MR) is 93.5 cm³/mol. The highest BCUT2D eigenvalue weighted by Gasteiger charge is 2.25. The number of aromatic nitrogens is 5. The van der Waals surface area contributed by atoms with Crippen molar-refractivity contribution in [2.45, 2.75) is 19.8 Å². The van der Waals surface area contributed by atoms with Crippen LogP contribution in [-0.4, -0.2) is 43.4 Å². The van der Waals surface area contributed by atoms with Crippen LogP contribution in [0.15, 0.2) is 34.0 Å². The Morgan fingerprint density at radius 2 is 2.07 bits per heavy atom. The largest absolute Gasteiger partial charge is 0.545 e. The number of nitrogens with one attached hydrogen (secondary N) is 1. The summed E-state index contributed by atoms with van der Waals surface area (Å²) >= 11 is 0. The molecule has 12 nitrogen and oxygen atoms in total. The van der Waals surface area contributed by atoms with Gasteiger partial charge in [0.2, 0.25) is 11.6 Å².